The Morgan fingerprint density at radius 2 is 2.10 bits per heavy atom. The topological polar surface area (TPSA) is 61.4 Å². The maximum atomic E-state index is 13.2. The first-order valence-electron chi connectivity index (χ1n) is 10.5. The van der Waals surface area contributed by atoms with Crippen LogP contribution in [0.4, 0.5) is 14.5 Å². The number of halogens is 3. The molecule has 1 atom stereocenters. The van der Waals surface area contributed by atoms with Gasteiger partial charge < -0.3 is 15.1 Å². The largest absolute Gasteiger partial charge is 0.371 e. The molecule has 6 nitrogen and oxygen atoms in total. The van der Waals surface area contributed by atoms with Gasteiger partial charge >= 0.3 is 0 Å². The zero-order valence-electron chi connectivity index (χ0n) is 17.4. The molecule has 2 aromatic rings. The van der Waals surface area contributed by atoms with Crippen molar-refractivity contribution >= 4 is 24.0 Å². The summed E-state index contributed by atoms with van der Waals surface area (Å²) in [7, 11) is 0. The molecule has 0 unspecified atom stereocenters. The number of fused-ring (bicyclic) bond motifs is 3. The fraction of sp³-hybridized carbons (Fsp3) is 0.500. The Hall–Kier alpha value is -2.32. The minimum absolute atomic E-state index is 0. The molecule has 5 heterocycles. The van der Waals surface area contributed by atoms with Crippen LogP contribution < -0.4 is 10.2 Å². The van der Waals surface area contributed by atoms with E-state index in [0.717, 1.165) is 37.3 Å². The van der Waals surface area contributed by atoms with Crippen LogP contribution in [0.2, 0.25) is 0 Å². The summed E-state index contributed by atoms with van der Waals surface area (Å²) in [5.74, 6) is 0.0139. The van der Waals surface area contributed by atoms with Crippen molar-refractivity contribution in [3.8, 4) is 0 Å². The summed E-state index contributed by atoms with van der Waals surface area (Å²) in [4.78, 5) is 25.7. The Labute approximate surface area is 186 Å². The van der Waals surface area contributed by atoms with Crippen molar-refractivity contribution in [1.82, 2.24) is 20.2 Å². The van der Waals surface area contributed by atoms with Crippen molar-refractivity contribution in [1.29, 1.82) is 0 Å². The maximum absolute atomic E-state index is 13.2. The lowest BCUT2D eigenvalue weighted by molar-refractivity contribution is -0.135. The van der Waals surface area contributed by atoms with Crippen molar-refractivity contribution in [3.63, 3.8) is 0 Å². The number of aromatic nitrogens is 2. The van der Waals surface area contributed by atoms with Crippen molar-refractivity contribution < 1.29 is 13.6 Å². The van der Waals surface area contributed by atoms with Gasteiger partial charge in [-0.05, 0) is 55.1 Å². The van der Waals surface area contributed by atoms with E-state index in [-0.39, 0.29) is 29.9 Å². The average Bonchev–Trinajstić information content (AvgIpc) is 3.41. The predicted octanol–water partition coefficient (Wildman–Crippen LogP) is 3.16. The third-order valence-electron chi connectivity index (χ3n) is 6.56. The highest BCUT2D eigenvalue weighted by molar-refractivity contribution is 5.85. The molecule has 2 aromatic heterocycles. The summed E-state index contributed by atoms with van der Waals surface area (Å²) in [6.45, 7) is 6.28. The van der Waals surface area contributed by atoms with Gasteiger partial charge in [-0.1, -0.05) is 0 Å². The SMILES string of the molecule is Cc1nc2c(c3c1CNCC3)CN(C(=O)[C@@H]1CCN(c3ccnc(C(F)F)c3)C1)C2.Cl. The van der Waals surface area contributed by atoms with Crippen LogP contribution in [0, 0.1) is 12.8 Å². The van der Waals surface area contributed by atoms with Crippen molar-refractivity contribution in [3.05, 3.63) is 52.1 Å². The van der Waals surface area contributed by atoms with Crippen molar-refractivity contribution in [2.45, 2.75) is 45.8 Å². The minimum atomic E-state index is -2.59. The second-order valence-electron chi connectivity index (χ2n) is 8.37. The number of pyridine rings is 2. The third-order valence-corrected chi connectivity index (χ3v) is 6.56. The van der Waals surface area contributed by atoms with Gasteiger partial charge in [0.05, 0.1) is 18.2 Å². The lowest BCUT2D eigenvalue weighted by Crippen LogP contribution is -2.34. The Bertz CT molecular complexity index is 1000. The lowest BCUT2D eigenvalue weighted by atomic mass is 9.94. The molecule has 0 spiro atoms. The summed E-state index contributed by atoms with van der Waals surface area (Å²) < 4.78 is 25.9. The predicted molar refractivity (Wildman–Crippen MR) is 115 cm³/mol. The van der Waals surface area contributed by atoms with E-state index in [4.69, 9.17) is 4.98 Å². The molecule has 3 aliphatic heterocycles. The summed E-state index contributed by atoms with van der Waals surface area (Å²) in [5.41, 5.74) is 6.47. The molecule has 31 heavy (non-hydrogen) atoms. The molecule has 0 aromatic carbocycles. The van der Waals surface area contributed by atoms with E-state index in [2.05, 4.69) is 10.3 Å². The number of carbonyl (C=O) groups excluding carboxylic acids is 1. The second-order valence-corrected chi connectivity index (χ2v) is 8.37. The van der Waals surface area contributed by atoms with Crippen LogP contribution >= 0.6 is 12.4 Å². The number of nitrogens with one attached hydrogen (secondary N) is 1. The molecular weight excluding hydrogens is 424 g/mol. The van der Waals surface area contributed by atoms with E-state index in [9.17, 15) is 13.6 Å². The Balaban J connectivity index is 0.00000231. The van der Waals surface area contributed by atoms with Crippen LogP contribution in [0.5, 0.6) is 0 Å². The number of nitrogens with zero attached hydrogens (tertiary/aromatic N) is 4. The quantitative estimate of drug-likeness (QED) is 0.780. The van der Waals surface area contributed by atoms with Gasteiger partial charge in [-0.3, -0.25) is 14.8 Å². The zero-order valence-corrected chi connectivity index (χ0v) is 18.2. The fourth-order valence-electron chi connectivity index (χ4n) is 4.98. The number of hydrogen-bond donors (Lipinski definition) is 1. The number of alkyl halides is 2. The van der Waals surface area contributed by atoms with E-state index < -0.39 is 6.43 Å². The number of hydrogen-bond acceptors (Lipinski definition) is 5. The van der Waals surface area contributed by atoms with Crippen LogP contribution in [-0.4, -0.2) is 40.4 Å². The lowest BCUT2D eigenvalue weighted by Gasteiger charge is -2.23. The smallest absolute Gasteiger partial charge is 0.280 e. The first-order chi connectivity index (χ1) is 14.5. The molecule has 0 radical (unpaired) electrons. The van der Waals surface area contributed by atoms with Crippen molar-refractivity contribution in [2.24, 2.45) is 5.92 Å². The van der Waals surface area contributed by atoms with Crippen LogP contribution in [0.1, 0.15) is 46.6 Å². The first-order valence-corrected chi connectivity index (χ1v) is 10.5. The normalized spacial score (nSPS) is 19.9. The number of anilines is 1. The molecule has 1 fully saturated rings. The van der Waals surface area contributed by atoms with Crippen LogP contribution in [0.25, 0.3) is 0 Å². The van der Waals surface area contributed by atoms with Gasteiger partial charge in [0.1, 0.15) is 5.69 Å². The van der Waals surface area contributed by atoms with Gasteiger partial charge in [-0.2, -0.15) is 0 Å². The summed E-state index contributed by atoms with van der Waals surface area (Å²) in [5, 5.41) is 3.41. The molecule has 5 rings (SSSR count). The second kappa shape index (κ2) is 8.67. The third kappa shape index (κ3) is 3.99. The standard InChI is InChI=1S/C22H25F2N5O.ClH/c1-13-17-9-25-5-3-16(17)18-11-29(12-20(18)27-13)22(30)14-4-7-28(10-14)15-2-6-26-19(8-15)21(23)24;/h2,6,8,14,21,25H,3-5,7,9-12H2,1H3;1H/t14-;/m1./s1. The van der Waals surface area contributed by atoms with Gasteiger partial charge in [0, 0.05) is 43.8 Å². The highest BCUT2D eigenvalue weighted by Crippen LogP contribution is 2.33. The molecule has 0 bridgehead atoms. The first kappa shape index (κ1) is 21.9. The highest BCUT2D eigenvalue weighted by atomic mass is 35.5. The van der Waals surface area contributed by atoms with Crippen LogP contribution in [0.15, 0.2) is 18.3 Å². The molecule has 3 aliphatic rings. The van der Waals surface area contributed by atoms with E-state index in [1.165, 1.54) is 29.0 Å². The molecule has 166 valence electrons. The molecule has 1 amide bonds. The van der Waals surface area contributed by atoms with Crippen molar-refractivity contribution in [2.75, 3.05) is 24.5 Å². The van der Waals surface area contributed by atoms with E-state index in [0.29, 0.717) is 31.9 Å². The molecule has 0 saturated carbocycles. The van der Waals surface area contributed by atoms with Gasteiger partial charge in [0.25, 0.3) is 6.43 Å². The summed E-state index contributed by atoms with van der Waals surface area (Å²) >= 11 is 0. The van der Waals surface area contributed by atoms with Gasteiger partial charge in [-0.25, -0.2) is 8.78 Å². The average molecular weight is 450 g/mol. The highest BCUT2D eigenvalue weighted by Gasteiger charge is 2.36. The van der Waals surface area contributed by atoms with Gasteiger partial charge in [0.15, 0.2) is 0 Å². The van der Waals surface area contributed by atoms with Crippen LogP contribution in [0.3, 0.4) is 0 Å². The Morgan fingerprint density at radius 3 is 2.90 bits per heavy atom. The van der Waals surface area contributed by atoms with Gasteiger partial charge in [-0.15, -0.1) is 12.4 Å². The monoisotopic (exact) mass is 449 g/mol. The van der Waals surface area contributed by atoms with E-state index >= 15 is 0 Å². The molecule has 0 aliphatic carbocycles. The molecule has 9 heteroatoms. The number of rotatable bonds is 3. The molecular formula is C22H26ClF2N5O. The summed E-state index contributed by atoms with van der Waals surface area (Å²) in [6, 6.07) is 3.16. The Kier molecular flexibility index (Phi) is 6.12. The number of amides is 1. The van der Waals surface area contributed by atoms with Crippen LogP contribution in [-0.2, 0) is 30.8 Å². The zero-order chi connectivity index (χ0) is 20.8. The molecule has 1 N–H and O–H groups in total. The summed E-state index contributed by atoms with van der Waals surface area (Å²) in [6.07, 6.45) is 0.529. The fourth-order valence-corrected chi connectivity index (χ4v) is 4.98. The number of carbonyl (C=O) groups is 1. The maximum Gasteiger partial charge on any atom is 0.280 e. The van der Waals surface area contributed by atoms with E-state index in [1.54, 1.807) is 6.07 Å². The van der Waals surface area contributed by atoms with Gasteiger partial charge in [0.2, 0.25) is 5.91 Å². The number of aryl methyl sites for hydroxylation is 1. The molecule has 1 saturated heterocycles. The minimum Gasteiger partial charge on any atom is -0.371 e. The Morgan fingerprint density at radius 1 is 1.26 bits per heavy atom. The van der Waals surface area contributed by atoms with E-state index in [1.807, 2.05) is 16.7 Å².